The van der Waals surface area contributed by atoms with E-state index < -0.39 is 0 Å². The van der Waals surface area contributed by atoms with E-state index in [0.717, 1.165) is 24.5 Å². The number of hydrogen-bond donors (Lipinski definition) is 0. The third kappa shape index (κ3) is 3.91. The van der Waals surface area contributed by atoms with E-state index in [-0.39, 0.29) is 11.9 Å². The summed E-state index contributed by atoms with van der Waals surface area (Å²) in [5, 5.41) is 8.37. The van der Waals surface area contributed by atoms with Crippen molar-refractivity contribution in [3.05, 3.63) is 60.6 Å². The smallest absolute Gasteiger partial charge is 0.256 e. The van der Waals surface area contributed by atoms with Crippen LogP contribution >= 0.6 is 0 Å². The molecule has 1 fully saturated rings. The summed E-state index contributed by atoms with van der Waals surface area (Å²) in [7, 11) is 1.65. The molecule has 1 aliphatic heterocycles. The average Bonchev–Trinajstić information content (AvgIpc) is 3.23. The fraction of sp³-hybridized carbons (Fsp3) is 0.333. The zero-order chi connectivity index (χ0) is 20.2. The summed E-state index contributed by atoms with van der Waals surface area (Å²) in [6.07, 6.45) is 5.81. The maximum absolute atomic E-state index is 13.4. The van der Waals surface area contributed by atoms with Gasteiger partial charge in [0, 0.05) is 37.9 Å². The Morgan fingerprint density at radius 2 is 1.86 bits per heavy atom. The van der Waals surface area contributed by atoms with Gasteiger partial charge < -0.3 is 14.5 Å². The first kappa shape index (κ1) is 18.9. The standard InChI is InChI=1S/C21H24N6O2/c1-16-8-12-25(20-15-17(29-2)7-9-22-20)13-14-26(16)21(28)18-5-3-4-6-19(18)27-23-10-11-24-27/h3-7,9-11,15-16H,8,12-14H2,1-2H3/t16-/m1/s1. The molecule has 2 aromatic heterocycles. The molecule has 8 heteroatoms. The molecular weight excluding hydrogens is 368 g/mol. The Kier molecular flexibility index (Phi) is 5.41. The second kappa shape index (κ2) is 8.30. The van der Waals surface area contributed by atoms with Crippen LogP contribution in [0.1, 0.15) is 23.7 Å². The summed E-state index contributed by atoms with van der Waals surface area (Å²) in [5.41, 5.74) is 1.29. The minimum atomic E-state index is -0.00847. The normalized spacial score (nSPS) is 17.1. The second-order valence-electron chi connectivity index (χ2n) is 7.01. The van der Waals surface area contributed by atoms with E-state index in [1.165, 1.54) is 4.80 Å². The van der Waals surface area contributed by atoms with Crippen molar-refractivity contribution in [2.75, 3.05) is 31.6 Å². The monoisotopic (exact) mass is 392 g/mol. The Balaban J connectivity index is 1.56. The molecule has 8 nitrogen and oxygen atoms in total. The van der Waals surface area contributed by atoms with Crippen molar-refractivity contribution in [3.8, 4) is 11.4 Å². The van der Waals surface area contributed by atoms with Crippen molar-refractivity contribution in [1.29, 1.82) is 0 Å². The average molecular weight is 392 g/mol. The molecule has 1 amide bonds. The molecule has 1 saturated heterocycles. The number of pyridine rings is 1. The summed E-state index contributed by atoms with van der Waals surface area (Å²) in [6.45, 7) is 4.24. The van der Waals surface area contributed by atoms with Crippen molar-refractivity contribution >= 4 is 11.7 Å². The van der Waals surface area contributed by atoms with Gasteiger partial charge in [-0.15, -0.1) is 0 Å². The van der Waals surface area contributed by atoms with Crippen molar-refractivity contribution in [3.63, 3.8) is 0 Å². The highest BCUT2D eigenvalue weighted by Crippen LogP contribution is 2.23. The molecule has 4 rings (SSSR count). The van der Waals surface area contributed by atoms with Crippen LogP contribution in [0.25, 0.3) is 5.69 Å². The van der Waals surface area contributed by atoms with Gasteiger partial charge in [-0.2, -0.15) is 15.0 Å². The van der Waals surface area contributed by atoms with Crippen molar-refractivity contribution < 1.29 is 9.53 Å². The SMILES string of the molecule is COc1ccnc(N2CC[C@@H](C)N(C(=O)c3ccccc3-n3nccn3)CC2)c1. The minimum absolute atomic E-state index is 0.00847. The van der Waals surface area contributed by atoms with Crippen LogP contribution in [0.5, 0.6) is 5.75 Å². The number of carbonyl (C=O) groups excluding carboxylic acids is 1. The van der Waals surface area contributed by atoms with Crippen LogP contribution in [0.3, 0.4) is 0 Å². The Hall–Kier alpha value is -3.42. The molecule has 3 heterocycles. The van der Waals surface area contributed by atoms with Crippen LogP contribution in [0.4, 0.5) is 5.82 Å². The van der Waals surface area contributed by atoms with Crippen LogP contribution in [-0.2, 0) is 0 Å². The lowest BCUT2D eigenvalue weighted by atomic mass is 10.1. The minimum Gasteiger partial charge on any atom is -0.497 e. The van der Waals surface area contributed by atoms with Crippen LogP contribution in [0.2, 0.25) is 0 Å². The maximum atomic E-state index is 13.4. The molecular formula is C21H24N6O2. The highest BCUT2D eigenvalue weighted by Gasteiger charge is 2.28. The maximum Gasteiger partial charge on any atom is 0.256 e. The summed E-state index contributed by atoms with van der Waals surface area (Å²) < 4.78 is 5.32. The molecule has 0 bridgehead atoms. The number of benzene rings is 1. The van der Waals surface area contributed by atoms with Gasteiger partial charge in [0.05, 0.1) is 30.8 Å². The second-order valence-corrected chi connectivity index (χ2v) is 7.01. The molecule has 29 heavy (non-hydrogen) atoms. The molecule has 0 spiro atoms. The number of nitrogens with zero attached hydrogens (tertiary/aromatic N) is 6. The van der Waals surface area contributed by atoms with Gasteiger partial charge in [-0.05, 0) is 31.5 Å². The van der Waals surface area contributed by atoms with Gasteiger partial charge in [0.2, 0.25) is 0 Å². The Labute approximate surface area is 169 Å². The van der Waals surface area contributed by atoms with E-state index >= 15 is 0 Å². The molecule has 1 aliphatic rings. The molecule has 0 unspecified atom stereocenters. The first-order chi connectivity index (χ1) is 14.2. The first-order valence-corrected chi connectivity index (χ1v) is 9.69. The molecule has 3 aromatic rings. The van der Waals surface area contributed by atoms with Crippen LogP contribution in [-0.4, -0.2) is 63.6 Å². The number of anilines is 1. The highest BCUT2D eigenvalue weighted by atomic mass is 16.5. The number of rotatable bonds is 4. The number of para-hydroxylation sites is 1. The summed E-state index contributed by atoms with van der Waals surface area (Å²) in [4.78, 5) is 23.5. The lowest BCUT2D eigenvalue weighted by Gasteiger charge is -2.27. The van der Waals surface area contributed by atoms with Gasteiger partial charge in [-0.3, -0.25) is 4.79 Å². The van der Waals surface area contributed by atoms with E-state index in [1.807, 2.05) is 41.3 Å². The molecule has 0 aliphatic carbocycles. The van der Waals surface area contributed by atoms with E-state index in [1.54, 1.807) is 25.7 Å². The molecule has 0 N–H and O–H groups in total. The van der Waals surface area contributed by atoms with Gasteiger partial charge in [-0.25, -0.2) is 4.98 Å². The van der Waals surface area contributed by atoms with Crippen LogP contribution in [0, 0.1) is 0 Å². The van der Waals surface area contributed by atoms with E-state index in [2.05, 4.69) is 27.0 Å². The lowest BCUT2D eigenvalue weighted by Crippen LogP contribution is -2.40. The molecule has 0 saturated carbocycles. The number of ether oxygens (including phenoxy) is 1. The van der Waals surface area contributed by atoms with Gasteiger partial charge in [0.1, 0.15) is 11.6 Å². The lowest BCUT2D eigenvalue weighted by molar-refractivity contribution is 0.0705. The highest BCUT2D eigenvalue weighted by molar-refractivity contribution is 5.98. The third-order valence-electron chi connectivity index (χ3n) is 5.27. The molecule has 0 radical (unpaired) electrons. The number of hydrogen-bond acceptors (Lipinski definition) is 6. The Bertz CT molecular complexity index is 975. The van der Waals surface area contributed by atoms with Gasteiger partial charge in [0.25, 0.3) is 5.91 Å². The zero-order valence-electron chi connectivity index (χ0n) is 16.6. The largest absolute Gasteiger partial charge is 0.497 e. The topological polar surface area (TPSA) is 76.4 Å². The van der Waals surface area contributed by atoms with Crippen molar-refractivity contribution in [2.24, 2.45) is 0 Å². The number of carbonyl (C=O) groups is 1. The number of aromatic nitrogens is 4. The summed E-state index contributed by atoms with van der Waals surface area (Å²) in [5.74, 6) is 1.64. The van der Waals surface area contributed by atoms with Gasteiger partial charge in [-0.1, -0.05) is 12.1 Å². The predicted molar refractivity (Wildman–Crippen MR) is 109 cm³/mol. The molecule has 1 atom stereocenters. The zero-order valence-corrected chi connectivity index (χ0v) is 16.6. The number of amides is 1. The van der Waals surface area contributed by atoms with E-state index in [0.29, 0.717) is 24.3 Å². The van der Waals surface area contributed by atoms with E-state index in [4.69, 9.17) is 4.74 Å². The predicted octanol–water partition coefficient (Wildman–Crippen LogP) is 2.41. The Morgan fingerprint density at radius 1 is 1.07 bits per heavy atom. The first-order valence-electron chi connectivity index (χ1n) is 9.69. The Morgan fingerprint density at radius 3 is 2.66 bits per heavy atom. The van der Waals surface area contributed by atoms with Crippen molar-refractivity contribution in [1.82, 2.24) is 24.9 Å². The fourth-order valence-electron chi connectivity index (χ4n) is 3.61. The quantitative estimate of drug-likeness (QED) is 0.679. The summed E-state index contributed by atoms with van der Waals surface area (Å²) in [6, 6.07) is 11.3. The summed E-state index contributed by atoms with van der Waals surface area (Å²) >= 11 is 0. The third-order valence-corrected chi connectivity index (χ3v) is 5.27. The van der Waals surface area contributed by atoms with Crippen LogP contribution in [0.15, 0.2) is 55.0 Å². The number of methoxy groups -OCH3 is 1. The fourth-order valence-corrected chi connectivity index (χ4v) is 3.61. The van der Waals surface area contributed by atoms with Crippen LogP contribution < -0.4 is 9.64 Å². The van der Waals surface area contributed by atoms with E-state index in [9.17, 15) is 4.79 Å². The van der Waals surface area contributed by atoms with Gasteiger partial charge >= 0.3 is 0 Å². The van der Waals surface area contributed by atoms with Gasteiger partial charge in [0.15, 0.2) is 0 Å². The molecule has 150 valence electrons. The van der Waals surface area contributed by atoms with Crippen molar-refractivity contribution in [2.45, 2.75) is 19.4 Å². The molecule has 1 aromatic carbocycles.